The first kappa shape index (κ1) is 14.9. The van der Waals surface area contributed by atoms with E-state index in [4.69, 9.17) is 4.74 Å². The summed E-state index contributed by atoms with van der Waals surface area (Å²) in [6.45, 7) is 6.60. The Kier molecular flexibility index (Phi) is 5.41. The summed E-state index contributed by atoms with van der Waals surface area (Å²) in [5.74, 6) is 1.06. The first-order chi connectivity index (χ1) is 9.70. The summed E-state index contributed by atoms with van der Waals surface area (Å²) in [7, 11) is 0. The van der Waals surface area contributed by atoms with Gasteiger partial charge in [0.2, 0.25) is 5.91 Å². The smallest absolute Gasteiger partial charge is 0.228 e. The van der Waals surface area contributed by atoms with Crippen molar-refractivity contribution in [2.45, 2.75) is 33.1 Å². The number of hydrogen-bond donors (Lipinski definition) is 2. The summed E-state index contributed by atoms with van der Waals surface area (Å²) in [6.07, 6.45) is 3.03. The molecule has 0 spiro atoms. The minimum absolute atomic E-state index is 0.0826. The Labute approximate surface area is 120 Å². The van der Waals surface area contributed by atoms with Gasteiger partial charge in [0.1, 0.15) is 5.75 Å². The molecular formula is C16H24N2O2. The first-order valence-electron chi connectivity index (χ1n) is 7.45. The fraction of sp³-hybridized carbons (Fsp3) is 0.562. The maximum absolute atomic E-state index is 12.2. The summed E-state index contributed by atoms with van der Waals surface area (Å²) in [5.41, 5.74) is 1.92. The molecule has 4 heteroatoms. The molecule has 1 aliphatic rings. The van der Waals surface area contributed by atoms with Gasteiger partial charge in [-0.2, -0.15) is 0 Å². The molecule has 0 bridgehead atoms. The van der Waals surface area contributed by atoms with Crippen LogP contribution < -0.4 is 15.4 Å². The maximum Gasteiger partial charge on any atom is 0.228 e. The Balaban J connectivity index is 1.96. The number of benzene rings is 1. The highest BCUT2D eigenvalue weighted by atomic mass is 16.5. The monoisotopic (exact) mass is 276 g/mol. The molecule has 4 nitrogen and oxygen atoms in total. The van der Waals surface area contributed by atoms with Crippen LogP contribution >= 0.6 is 0 Å². The molecule has 20 heavy (non-hydrogen) atoms. The van der Waals surface area contributed by atoms with Gasteiger partial charge in [-0.1, -0.05) is 6.92 Å². The predicted octanol–water partition coefficient (Wildman–Crippen LogP) is 2.72. The van der Waals surface area contributed by atoms with Crippen LogP contribution in [0.1, 0.15) is 31.7 Å². The number of nitrogens with one attached hydrogen (secondary N) is 2. The molecule has 1 fully saturated rings. The van der Waals surface area contributed by atoms with Crippen LogP contribution in [0.5, 0.6) is 5.75 Å². The van der Waals surface area contributed by atoms with Crippen LogP contribution in [-0.2, 0) is 4.79 Å². The van der Waals surface area contributed by atoms with Crippen molar-refractivity contribution in [2.24, 2.45) is 5.92 Å². The summed E-state index contributed by atoms with van der Waals surface area (Å²) in [4.78, 5) is 12.2. The predicted molar refractivity (Wildman–Crippen MR) is 81.2 cm³/mol. The molecule has 1 aromatic rings. The summed E-state index contributed by atoms with van der Waals surface area (Å²) in [5, 5.41) is 6.30. The van der Waals surface area contributed by atoms with Gasteiger partial charge in [0.05, 0.1) is 12.5 Å². The number of amides is 1. The molecule has 1 heterocycles. The van der Waals surface area contributed by atoms with Crippen molar-refractivity contribution < 1.29 is 9.53 Å². The van der Waals surface area contributed by atoms with Crippen molar-refractivity contribution in [1.82, 2.24) is 5.32 Å². The Morgan fingerprint density at radius 3 is 3.00 bits per heavy atom. The van der Waals surface area contributed by atoms with Gasteiger partial charge >= 0.3 is 0 Å². The highest BCUT2D eigenvalue weighted by molar-refractivity contribution is 5.93. The Bertz CT molecular complexity index is 454. The lowest BCUT2D eigenvalue weighted by Crippen LogP contribution is -2.37. The second-order valence-corrected chi connectivity index (χ2v) is 5.36. The number of aryl methyl sites for hydroxylation is 1. The normalized spacial score (nSPS) is 18.6. The van der Waals surface area contributed by atoms with E-state index in [9.17, 15) is 4.79 Å². The third kappa shape index (κ3) is 3.97. The van der Waals surface area contributed by atoms with Gasteiger partial charge in [0.15, 0.2) is 0 Å². The largest absolute Gasteiger partial charge is 0.494 e. The average Bonchev–Trinajstić information content (AvgIpc) is 2.48. The summed E-state index contributed by atoms with van der Waals surface area (Å²) < 4.78 is 5.59. The van der Waals surface area contributed by atoms with Crippen LogP contribution in [0, 0.1) is 12.8 Å². The number of rotatable bonds is 5. The van der Waals surface area contributed by atoms with Gasteiger partial charge in [0, 0.05) is 12.2 Å². The van der Waals surface area contributed by atoms with Crippen LogP contribution in [0.2, 0.25) is 0 Å². The second kappa shape index (κ2) is 7.29. The first-order valence-corrected chi connectivity index (χ1v) is 7.45. The fourth-order valence-electron chi connectivity index (χ4n) is 2.40. The van der Waals surface area contributed by atoms with Crippen LogP contribution in [0.4, 0.5) is 5.69 Å². The van der Waals surface area contributed by atoms with E-state index in [-0.39, 0.29) is 11.8 Å². The maximum atomic E-state index is 12.2. The van der Waals surface area contributed by atoms with Crippen LogP contribution in [0.25, 0.3) is 0 Å². The zero-order valence-corrected chi connectivity index (χ0v) is 12.4. The van der Waals surface area contributed by atoms with Gasteiger partial charge in [-0.05, 0) is 56.5 Å². The molecule has 1 amide bonds. The SMILES string of the molecule is CCCOc1ccc(NC(=O)C2CCCNC2)c(C)c1. The van der Waals surface area contributed by atoms with E-state index in [1.807, 2.05) is 25.1 Å². The van der Waals surface area contributed by atoms with E-state index in [2.05, 4.69) is 17.6 Å². The number of ether oxygens (including phenoxy) is 1. The molecule has 2 rings (SSSR count). The minimum Gasteiger partial charge on any atom is -0.494 e. The molecule has 0 aromatic heterocycles. The van der Waals surface area contributed by atoms with E-state index >= 15 is 0 Å². The zero-order chi connectivity index (χ0) is 14.4. The van der Waals surface area contributed by atoms with Crippen molar-refractivity contribution in [3.8, 4) is 5.75 Å². The number of anilines is 1. The second-order valence-electron chi connectivity index (χ2n) is 5.36. The molecule has 2 N–H and O–H groups in total. The number of carbonyl (C=O) groups excluding carboxylic acids is 1. The van der Waals surface area contributed by atoms with Crippen molar-refractivity contribution in [2.75, 3.05) is 25.0 Å². The Hall–Kier alpha value is -1.55. The topological polar surface area (TPSA) is 50.4 Å². The van der Waals surface area contributed by atoms with Crippen molar-refractivity contribution in [3.05, 3.63) is 23.8 Å². The quantitative estimate of drug-likeness (QED) is 0.869. The van der Waals surface area contributed by atoms with Crippen LogP contribution in [0.15, 0.2) is 18.2 Å². The van der Waals surface area contributed by atoms with Gasteiger partial charge in [-0.3, -0.25) is 4.79 Å². The lowest BCUT2D eigenvalue weighted by atomic mass is 9.98. The number of hydrogen-bond acceptors (Lipinski definition) is 3. The molecule has 1 unspecified atom stereocenters. The third-order valence-corrected chi connectivity index (χ3v) is 3.60. The summed E-state index contributed by atoms with van der Waals surface area (Å²) >= 11 is 0. The van der Waals surface area contributed by atoms with Gasteiger partial charge < -0.3 is 15.4 Å². The van der Waals surface area contributed by atoms with Crippen LogP contribution in [-0.4, -0.2) is 25.6 Å². The molecule has 1 atom stereocenters. The van der Waals surface area contributed by atoms with E-state index in [1.165, 1.54) is 0 Å². The van der Waals surface area contributed by atoms with Gasteiger partial charge in [0.25, 0.3) is 0 Å². The molecule has 1 aliphatic heterocycles. The Morgan fingerprint density at radius 1 is 1.50 bits per heavy atom. The van der Waals surface area contributed by atoms with Gasteiger partial charge in [-0.15, -0.1) is 0 Å². The molecule has 0 aliphatic carbocycles. The molecule has 110 valence electrons. The highest BCUT2D eigenvalue weighted by Gasteiger charge is 2.21. The average molecular weight is 276 g/mol. The standard InChI is InChI=1S/C16H24N2O2/c1-3-9-20-14-6-7-15(12(2)10-14)18-16(19)13-5-4-8-17-11-13/h6-7,10,13,17H,3-5,8-9,11H2,1-2H3,(H,18,19). The van der Waals surface area contributed by atoms with Crippen molar-refractivity contribution in [1.29, 1.82) is 0 Å². The molecule has 0 radical (unpaired) electrons. The number of piperidine rings is 1. The van der Waals surface area contributed by atoms with E-state index in [0.717, 1.165) is 56.0 Å². The van der Waals surface area contributed by atoms with E-state index in [1.54, 1.807) is 0 Å². The summed E-state index contributed by atoms with van der Waals surface area (Å²) in [6, 6.07) is 5.82. The molecule has 1 saturated heterocycles. The minimum atomic E-state index is 0.0826. The highest BCUT2D eigenvalue weighted by Crippen LogP contribution is 2.23. The van der Waals surface area contributed by atoms with E-state index < -0.39 is 0 Å². The van der Waals surface area contributed by atoms with Crippen molar-refractivity contribution >= 4 is 11.6 Å². The third-order valence-electron chi connectivity index (χ3n) is 3.60. The Morgan fingerprint density at radius 2 is 2.35 bits per heavy atom. The lowest BCUT2D eigenvalue weighted by Gasteiger charge is -2.22. The molecule has 1 aromatic carbocycles. The van der Waals surface area contributed by atoms with Crippen molar-refractivity contribution in [3.63, 3.8) is 0 Å². The zero-order valence-electron chi connectivity index (χ0n) is 12.4. The van der Waals surface area contributed by atoms with Gasteiger partial charge in [-0.25, -0.2) is 0 Å². The fourth-order valence-corrected chi connectivity index (χ4v) is 2.40. The lowest BCUT2D eigenvalue weighted by molar-refractivity contribution is -0.120. The molecule has 0 saturated carbocycles. The van der Waals surface area contributed by atoms with Crippen LogP contribution in [0.3, 0.4) is 0 Å². The molecular weight excluding hydrogens is 252 g/mol. The number of carbonyl (C=O) groups is 1. The van der Waals surface area contributed by atoms with E-state index in [0.29, 0.717) is 0 Å².